The molecule has 0 aromatic rings. The highest BCUT2D eigenvalue weighted by atomic mass is 16.6. The van der Waals surface area contributed by atoms with Crippen molar-refractivity contribution in [3.63, 3.8) is 0 Å². The van der Waals surface area contributed by atoms with Crippen LogP contribution in [-0.2, 0) is 9.53 Å². The Labute approximate surface area is 127 Å². The van der Waals surface area contributed by atoms with Gasteiger partial charge in [-0.25, -0.2) is 4.79 Å². The van der Waals surface area contributed by atoms with Crippen LogP contribution in [0, 0.1) is 0 Å². The molecule has 0 unspecified atom stereocenters. The summed E-state index contributed by atoms with van der Waals surface area (Å²) in [7, 11) is 0. The van der Waals surface area contributed by atoms with E-state index in [2.05, 4.69) is 5.32 Å². The SMILES string of the molecule is CCN(C(=O)CN)C1CCC(NC(=O)OC(C)(C)C)CC1. The number of ether oxygens (including phenoxy) is 1. The summed E-state index contributed by atoms with van der Waals surface area (Å²) < 4.78 is 5.26. The molecule has 6 nitrogen and oxygen atoms in total. The molecule has 0 aromatic carbocycles. The number of hydrogen-bond acceptors (Lipinski definition) is 4. The first kappa shape index (κ1) is 17.8. The molecule has 6 heteroatoms. The Morgan fingerprint density at radius 1 is 1.24 bits per heavy atom. The van der Waals surface area contributed by atoms with Gasteiger partial charge in [0.15, 0.2) is 0 Å². The molecule has 2 amide bonds. The molecule has 1 fully saturated rings. The second-order valence-electron chi connectivity index (χ2n) is 6.54. The van der Waals surface area contributed by atoms with E-state index in [1.165, 1.54) is 0 Å². The van der Waals surface area contributed by atoms with E-state index in [0.717, 1.165) is 25.7 Å². The summed E-state index contributed by atoms with van der Waals surface area (Å²) in [5.74, 6) is 0.000974. The summed E-state index contributed by atoms with van der Waals surface area (Å²) in [5, 5.41) is 2.91. The van der Waals surface area contributed by atoms with Crippen LogP contribution in [-0.4, -0.2) is 47.7 Å². The summed E-state index contributed by atoms with van der Waals surface area (Å²) in [5.41, 5.74) is 4.96. The van der Waals surface area contributed by atoms with Crippen LogP contribution in [0.2, 0.25) is 0 Å². The average Bonchev–Trinajstić information content (AvgIpc) is 2.39. The lowest BCUT2D eigenvalue weighted by Crippen LogP contribution is -2.48. The minimum absolute atomic E-state index is 0.000974. The zero-order valence-corrected chi connectivity index (χ0v) is 13.6. The van der Waals surface area contributed by atoms with Crippen LogP contribution < -0.4 is 11.1 Å². The fourth-order valence-corrected chi connectivity index (χ4v) is 2.76. The highest BCUT2D eigenvalue weighted by molar-refractivity contribution is 5.78. The molecule has 122 valence electrons. The first-order valence-corrected chi connectivity index (χ1v) is 7.76. The number of amides is 2. The van der Waals surface area contributed by atoms with Crippen molar-refractivity contribution in [2.75, 3.05) is 13.1 Å². The molecule has 1 aliphatic rings. The van der Waals surface area contributed by atoms with Crippen molar-refractivity contribution in [3.8, 4) is 0 Å². The van der Waals surface area contributed by atoms with E-state index < -0.39 is 5.60 Å². The molecule has 3 N–H and O–H groups in total. The molecule has 0 spiro atoms. The summed E-state index contributed by atoms with van der Waals surface area (Å²) >= 11 is 0. The van der Waals surface area contributed by atoms with Crippen molar-refractivity contribution in [3.05, 3.63) is 0 Å². The van der Waals surface area contributed by atoms with Crippen LogP contribution in [0.1, 0.15) is 53.4 Å². The average molecular weight is 299 g/mol. The smallest absolute Gasteiger partial charge is 0.407 e. The molecule has 0 aromatic heterocycles. The minimum Gasteiger partial charge on any atom is -0.444 e. The monoisotopic (exact) mass is 299 g/mol. The number of carbonyl (C=O) groups excluding carboxylic acids is 2. The van der Waals surface area contributed by atoms with Gasteiger partial charge in [0, 0.05) is 18.6 Å². The van der Waals surface area contributed by atoms with Crippen LogP contribution in [0.25, 0.3) is 0 Å². The van der Waals surface area contributed by atoms with Gasteiger partial charge in [0.25, 0.3) is 0 Å². The molecule has 1 rings (SSSR count). The van der Waals surface area contributed by atoms with E-state index in [1.807, 2.05) is 32.6 Å². The lowest BCUT2D eigenvalue weighted by atomic mass is 9.90. The highest BCUT2D eigenvalue weighted by Crippen LogP contribution is 2.23. The standard InChI is InChI=1S/C15H29N3O3/c1-5-18(13(19)10-16)12-8-6-11(7-9-12)17-14(20)21-15(2,3)4/h11-12H,5-10,16H2,1-4H3,(H,17,20). The van der Waals surface area contributed by atoms with Gasteiger partial charge in [-0.1, -0.05) is 0 Å². The maximum Gasteiger partial charge on any atom is 0.407 e. The zero-order valence-electron chi connectivity index (χ0n) is 13.6. The quantitative estimate of drug-likeness (QED) is 0.826. The molecule has 0 radical (unpaired) electrons. The van der Waals surface area contributed by atoms with E-state index in [-0.39, 0.29) is 30.6 Å². The molecule has 0 heterocycles. The topological polar surface area (TPSA) is 84.7 Å². The second-order valence-corrected chi connectivity index (χ2v) is 6.54. The van der Waals surface area contributed by atoms with Gasteiger partial charge < -0.3 is 20.7 Å². The third-order valence-electron chi connectivity index (χ3n) is 3.69. The Bertz CT molecular complexity index is 358. The molecule has 21 heavy (non-hydrogen) atoms. The van der Waals surface area contributed by atoms with Gasteiger partial charge >= 0.3 is 6.09 Å². The minimum atomic E-state index is -0.478. The van der Waals surface area contributed by atoms with Gasteiger partial charge in [-0.3, -0.25) is 4.79 Å². The number of rotatable bonds is 4. The van der Waals surface area contributed by atoms with Crippen molar-refractivity contribution in [1.29, 1.82) is 0 Å². The van der Waals surface area contributed by atoms with E-state index in [0.29, 0.717) is 6.54 Å². The van der Waals surface area contributed by atoms with E-state index in [1.54, 1.807) is 0 Å². The molecule has 1 saturated carbocycles. The lowest BCUT2D eigenvalue weighted by molar-refractivity contribution is -0.132. The Morgan fingerprint density at radius 2 is 1.81 bits per heavy atom. The summed E-state index contributed by atoms with van der Waals surface area (Å²) in [6.07, 6.45) is 3.13. The first-order chi connectivity index (χ1) is 9.76. The molecule has 0 bridgehead atoms. The summed E-state index contributed by atoms with van der Waals surface area (Å²) in [6, 6.07) is 0.366. The Morgan fingerprint density at radius 3 is 2.24 bits per heavy atom. The Balaban J connectivity index is 2.41. The predicted octanol–water partition coefficient (Wildman–Crippen LogP) is 1.63. The van der Waals surface area contributed by atoms with Gasteiger partial charge in [-0.2, -0.15) is 0 Å². The van der Waals surface area contributed by atoms with Gasteiger partial charge in [0.05, 0.1) is 6.54 Å². The van der Waals surface area contributed by atoms with E-state index >= 15 is 0 Å². The van der Waals surface area contributed by atoms with Crippen molar-refractivity contribution < 1.29 is 14.3 Å². The molecule has 0 atom stereocenters. The molecule has 0 saturated heterocycles. The summed E-state index contributed by atoms with van der Waals surface area (Å²) in [6.45, 7) is 8.26. The van der Waals surface area contributed by atoms with Crippen molar-refractivity contribution in [2.24, 2.45) is 5.73 Å². The second kappa shape index (κ2) is 7.64. The molecule has 1 aliphatic carbocycles. The fraction of sp³-hybridized carbons (Fsp3) is 0.867. The number of nitrogens with one attached hydrogen (secondary N) is 1. The van der Waals surface area contributed by atoms with Crippen LogP contribution in [0.3, 0.4) is 0 Å². The third-order valence-corrected chi connectivity index (χ3v) is 3.69. The van der Waals surface area contributed by atoms with Gasteiger partial charge in [-0.05, 0) is 53.4 Å². The normalized spacial score (nSPS) is 22.5. The lowest BCUT2D eigenvalue weighted by Gasteiger charge is -2.36. The number of hydrogen-bond donors (Lipinski definition) is 2. The van der Waals surface area contributed by atoms with E-state index in [9.17, 15) is 9.59 Å². The van der Waals surface area contributed by atoms with Crippen molar-refractivity contribution >= 4 is 12.0 Å². The number of likely N-dealkylation sites (N-methyl/N-ethyl adjacent to an activating group) is 1. The number of alkyl carbamates (subject to hydrolysis) is 1. The first-order valence-electron chi connectivity index (χ1n) is 7.76. The molecule has 0 aliphatic heterocycles. The largest absolute Gasteiger partial charge is 0.444 e. The molecular weight excluding hydrogens is 270 g/mol. The van der Waals surface area contributed by atoms with Crippen LogP contribution >= 0.6 is 0 Å². The van der Waals surface area contributed by atoms with Crippen LogP contribution in [0.15, 0.2) is 0 Å². The zero-order chi connectivity index (χ0) is 16.0. The maximum absolute atomic E-state index is 11.8. The number of carbonyl (C=O) groups is 2. The maximum atomic E-state index is 11.8. The molecular formula is C15H29N3O3. The van der Waals surface area contributed by atoms with Crippen molar-refractivity contribution in [2.45, 2.75) is 71.1 Å². The number of nitrogens with zero attached hydrogens (tertiary/aromatic N) is 1. The van der Waals surface area contributed by atoms with Gasteiger partial charge in [0.2, 0.25) is 5.91 Å². The van der Waals surface area contributed by atoms with Gasteiger partial charge in [0.1, 0.15) is 5.60 Å². The Hall–Kier alpha value is -1.30. The highest BCUT2D eigenvalue weighted by Gasteiger charge is 2.28. The van der Waals surface area contributed by atoms with Crippen LogP contribution in [0.5, 0.6) is 0 Å². The van der Waals surface area contributed by atoms with Crippen LogP contribution in [0.4, 0.5) is 4.79 Å². The van der Waals surface area contributed by atoms with E-state index in [4.69, 9.17) is 10.5 Å². The Kier molecular flexibility index (Phi) is 6.45. The summed E-state index contributed by atoms with van der Waals surface area (Å²) in [4.78, 5) is 25.4. The number of nitrogens with two attached hydrogens (primary N) is 1. The third kappa shape index (κ3) is 5.91. The van der Waals surface area contributed by atoms with Gasteiger partial charge in [-0.15, -0.1) is 0 Å². The fourth-order valence-electron chi connectivity index (χ4n) is 2.76. The van der Waals surface area contributed by atoms with Crippen molar-refractivity contribution in [1.82, 2.24) is 10.2 Å². The predicted molar refractivity (Wildman–Crippen MR) is 81.9 cm³/mol.